The van der Waals surface area contributed by atoms with Crippen LogP contribution >= 0.6 is 15.9 Å². The minimum Gasteiger partial charge on any atom is -0.155 e. The molecule has 0 bridgehead atoms. The van der Waals surface area contributed by atoms with E-state index in [2.05, 4.69) is 22.5 Å². The maximum Gasteiger partial charge on any atom is 0.467 e. The Bertz CT molecular complexity index is 219. The minimum absolute atomic E-state index is 0.221. The fourth-order valence-electron chi connectivity index (χ4n) is 0.918. The quantitative estimate of drug-likeness (QED) is 0.333. The molecule has 0 aromatic heterocycles. The predicted octanol–water partition coefficient (Wildman–Crippen LogP) is 3.67. The summed E-state index contributed by atoms with van der Waals surface area (Å²) >= 11 is 2.60. The van der Waals surface area contributed by atoms with Gasteiger partial charge in [-0.25, -0.2) is 0 Å². The van der Waals surface area contributed by atoms with E-state index in [0.29, 0.717) is 0 Å². The number of hydrogen-bond acceptors (Lipinski definition) is 1. The van der Waals surface area contributed by atoms with Gasteiger partial charge >= 0.3 is 12.6 Å². The molecule has 15 heavy (non-hydrogen) atoms. The van der Waals surface area contributed by atoms with Crippen molar-refractivity contribution in [3.8, 4) is 0 Å². The van der Waals surface area contributed by atoms with Crippen molar-refractivity contribution in [3.63, 3.8) is 0 Å². The Morgan fingerprint density at radius 3 is 1.60 bits per heavy atom. The highest BCUT2D eigenvalue weighted by atomic mass is 79.9. The summed E-state index contributed by atoms with van der Waals surface area (Å²) in [4.78, 5) is -1.48. The maximum absolute atomic E-state index is 12.2. The van der Waals surface area contributed by atoms with Crippen molar-refractivity contribution in [1.29, 1.82) is 0 Å². The van der Waals surface area contributed by atoms with E-state index in [1.165, 1.54) is 0 Å². The average Bonchev–Trinajstić information content (AvgIpc) is 1.93. The van der Waals surface area contributed by atoms with Crippen LogP contribution in [0.4, 0.5) is 26.3 Å². The van der Waals surface area contributed by atoms with Crippen LogP contribution in [-0.2, 0) is 0 Å². The summed E-state index contributed by atoms with van der Waals surface area (Å²) in [6.45, 7) is 4.21. The smallest absolute Gasteiger partial charge is 0.155 e. The third-order valence-corrected chi connectivity index (χ3v) is 2.19. The largest absolute Gasteiger partial charge is 0.467 e. The fraction of sp³-hybridized carbons (Fsp3) is 0.714. The van der Waals surface area contributed by atoms with Crippen molar-refractivity contribution in [2.24, 2.45) is 0 Å². The molecule has 0 saturated heterocycles. The highest BCUT2D eigenvalue weighted by Gasteiger charge is 2.57. The first kappa shape index (κ1) is 14.8. The van der Waals surface area contributed by atoms with Crippen LogP contribution in [0.25, 0.3) is 0 Å². The zero-order valence-electron chi connectivity index (χ0n) is 7.58. The Morgan fingerprint density at radius 2 is 1.53 bits per heavy atom. The van der Waals surface area contributed by atoms with Crippen LogP contribution in [0.2, 0.25) is 0 Å². The Kier molecular flexibility index (Phi) is 4.66. The second-order valence-corrected chi connectivity index (χ2v) is 3.47. The molecule has 1 unspecified atom stereocenters. The van der Waals surface area contributed by atoms with Crippen LogP contribution in [0, 0.1) is 0 Å². The second-order valence-electron chi connectivity index (χ2n) is 2.82. The summed E-state index contributed by atoms with van der Waals surface area (Å²) in [6, 6.07) is -1.86. The Balaban J connectivity index is 5.19. The van der Waals surface area contributed by atoms with Gasteiger partial charge in [-0.05, 0) is 6.92 Å². The SMILES string of the molecule is C=C(C)C(CBr)N(C(F)(F)F)C(F)(F)F. The van der Waals surface area contributed by atoms with Crippen molar-refractivity contribution in [2.75, 3.05) is 5.33 Å². The van der Waals surface area contributed by atoms with Gasteiger partial charge < -0.3 is 0 Å². The first-order valence-corrected chi connectivity index (χ1v) is 4.78. The summed E-state index contributed by atoms with van der Waals surface area (Å²) in [5.74, 6) is 0. The molecule has 0 aliphatic heterocycles. The number of alkyl halides is 7. The van der Waals surface area contributed by atoms with Gasteiger partial charge in [0.15, 0.2) is 0 Å². The third kappa shape index (κ3) is 4.02. The van der Waals surface area contributed by atoms with Crippen LogP contribution in [0.15, 0.2) is 12.2 Å². The zero-order valence-corrected chi connectivity index (χ0v) is 9.17. The Morgan fingerprint density at radius 1 is 1.20 bits per heavy atom. The van der Waals surface area contributed by atoms with E-state index in [4.69, 9.17) is 0 Å². The first-order chi connectivity index (χ1) is 6.51. The van der Waals surface area contributed by atoms with Gasteiger partial charge in [0.25, 0.3) is 0 Å². The van der Waals surface area contributed by atoms with E-state index in [0.717, 1.165) is 6.92 Å². The normalized spacial score (nSPS) is 15.5. The van der Waals surface area contributed by atoms with Crippen molar-refractivity contribution in [3.05, 3.63) is 12.2 Å². The molecule has 0 aliphatic rings. The van der Waals surface area contributed by atoms with Crippen LogP contribution in [0.3, 0.4) is 0 Å². The molecule has 1 nitrogen and oxygen atoms in total. The summed E-state index contributed by atoms with van der Waals surface area (Å²) in [5.41, 5.74) is -0.221. The summed E-state index contributed by atoms with van der Waals surface area (Å²) < 4.78 is 72.9. The molecule has 0 amide bonds. The molecule has 0 rings (SSSR count). The van der Waals surface area contributed by atoms with E-state index in [9.17, 15) is 26.3 Å². The molecule has 0 heterocycles. The van der Waals surface area contributed by atoms with E-state index in [1.54, 1.807) is 0 Å². The lowest BCUT2D eigenvalue weighted by Crippen LogP contribution is -2.54. The molecule has 8 heteroatoms. The zero-order chi connectivity index (χ0) is 12.4. The number of rotatable bonds is 3. The molecule has 0 N–H and O–H groups in total. The van der Waals surface area contributed by atoms with Crippen LogP contribution in [0.5, 0.6) is 0 Å². The van der Waals surface area contributed by atoms with Crippen LogP contribution in [-0.4, -0.2) is 28.9 Å². The predicted molar refractivity (Wildman–Crippen MR) is 46.3 cm³/mol. The fourth-order valence-corrected chi connectivity index (χ4v) is 1.76. The molecular formula is C7H8BrF6N. The molecule has 0 aromatic carbocycles. The van der Waals surface area contributed by atoms with Crippen molar-refractivity contribution < 1.29 is 26.3 Å². The molecule has 0 spiro atoms. The third-order valence-electron chi connectivity index (χ3n) is 1.57. The molecule has 1 atom stereocenters. The van der Waals surface area contributed by atoms with Gasteiger partial charge in [-0.1, -0.05) is 28.1 Å². The van der Waals surface area contributed by atoms with Crippen LogP contribution < -0.4 is 0 Å². The summed E-state index contributed by atoms with van der Waals surface area (Å²) in [6.07, 6.45) is -11.0. The van der Waals surface area contributed by atoms with Crippen molar-refractivity contribution in [1.82, 2.24) is 4.90 Å². The lowest BCUT2D eigenvalue weighted by atomic mass is 10.1. The highest BCUT2D eigenvalue weighted by Crippen LogP contribution is 2.37. The maximum atomic E-state index is 12.2. The van der Waals surface area contributed by atoms with Gasteiger partial charge in [-0.3, -0.25) is 0 Å². The number of nitrogens with zero attached hydrogens (tertiary/aromatic N) is 1. The van der Waals surface area contributed by atoms with Crippen LogP contribution in [0.1, 0.15) is 6.92 Å². The second kappa shape index (κ2) is 4.73. The summed E-state index contributed by atoms with van der Waals surface area (Å²) in [7, 11) is 0. The molecule has 0 aliphatic carbocycles. The van der Waals surface area contributed by atoms with Gasteiger partial charge in [-0.2, -0.15) is 26.3 Å². The van der Waals surface area contributed by atoms with E-state index in [1.807, 2.05) is 0 Å². The van der Waals surface area contributed by atoms with E-state index in [-0.39, 0.29) is 5.57 Å². The Labute approximate surface area is 90.9 Å². The first-order valence-electron chi connectivity index (χ1n) is 3.66. The molecule has 0 saturated carbocycles. The van der Waals surface area contributed by atoms with Gasteiger partial charge in [-0.15, -0.1) is 4.90 Å². The minimum atomic E-state index is -5.48. The number of hydrogen-bond donors (Lipinski definition) is 0. The van der Waals surface area contributed by atoms with Gasteiger partial charge in [0.2, 0.25) is 0 Å². The molecular weight excluding hydrogens is 292 g/mol. The monoisotopic (exact) mass is 299 g/mol. The topological polar surface area (TPSA) is 3.24 Å². The lowest BCUT2D eigenvalue weighted by molar-refractivity contribution is -0.379. The summed E-state index contributed by atoms with van der Waals surface area (Å²) in [5, 5.41) is -0.499. The Hall–Kier alpha value is -0.240. The molecule has 90 valence electrons. The molecule has 0 aromatic rings. The van der Waals surface area contributed by atoms with Gasteiger partial charge in [0, 0.05) is 5.33 Å². The lowest BCUT2D eigenvalue weighted by Gasteiger charge is -2.33. The van der Waals surface area contributed by atoms with E-state index >= 15 is 0 Å². The van der Waals surface area contributed by atoms with E-state index < -0.39 is 28.9 Å². The van der Waals surface area contributed by atoms with Gasteiger partial charge in [0.1, 0.15) is 0 Å². The molecule has 0 fully saturated rings. The van der Waals surface area contributed by atoms with Gasteiger partial charge in [0.05, 0.1) is 6.04 Å². The highest BCUT2D eigenvalue weighted by molar-refractivity contribution is 9.09. The number of halogens is 7. The van der Waals surface area contributed by atoms with Crippen molar-refractivity contribution >= 4 is 15.9 Å². The average molecular weight is 300 g/mol. The van der Waals surface area contributed by atoms with Crippen molar-refractivity contribution in [2.45, 2.75) is 25.6 Å². The standard InChI is InChI=1S/C7H8BrF6N/c1-4(2)5(3-8)15(6(9,10)11)7(12,13)14/h5H,1,3H2,2H3. The molecule has 0 radical (unpaired) electrons.